The van der Waals surface area contributed by atoms with E-state index in [0.717, 1.165) is 18.6 Å². The van der Waals surface area contributed by atoms with Crippen molar-refractivity contribution in [2.24, 2.45) is 5.73 Å². The third-order valence-electron chi connectivity index (χ3n) is 2.48. The molecule has 0 fully saturated rings. The number of hydrogen-bond acceptors (Lipinski definition) is 4. The highest BCUT2D eigenvalue weighted by Gasteiger charge is 2.32. The lowest BCUT2D eigenvalue weighted by molar-refractivity contribution is -0.137. The zero-order chi connectivity index (χ0) is 15.3. The maximum Gasteiger partial charge on any atom is 0.416 e. The fourth-order valence-corrected chi connectivity index (χ4v) is 1.53. The minimum Gasteiger partial charge on any atom is -0.370 e. The van der Waals surface area contributed by atoms with Crippen LogP contribution in [0.25, 0.3) is 0 Å². The summed E-state index contributed by atoms with van der Waals surface area (Å²) in [5, 5.41) is 2.80. The van der Waals surface area contributed by atoms with Gasteiger partial charge in [-0.05, 0) is 18.6 Å². The van der Waals surface area contributed by atoms with Gasteiger partial charge in [0.15, 0.2) is 0 Å². The van der Waals surface area contributed by atoms with Crippen LogP contribution in [0, 0.1) is 0 Å². The molecule has 0 radical (unpaired) electrons. The first-order chi connectivity index (χ1) is 9.24. The molecule has 20 heavy (non-hydrogen) atoms. The third-order valence-corrected chi connectivity index (χ3v) is 2.48. The number of primary amides is 1. The molecular weight excluding hydrogens is 273 g/mol. The number of amides is 1. The van der Waals surface area contributed by atoms with Crippen LogP contribution in [0.1, 0.15) is 18.9 Å². The molecule has 0 aliphatic heterocycles. The van der Waals surface area contributed by atoms with Gasteiger partial charge >= 0.3 is 6.18 Å². The molecule has 0 saturated carbocycles. The SMILES string of the molecule is CCCNc1cc(C(F)(F)F)cc(N(C)CC(N)=O)n1. The molecule has 1 rings (SSSR count). The molecule has 8 heteroatoms. The minimum atomic E-state index is -4.48. The van der Waals surface area contributed by atoms with Gasteiger partial charge in [-0.25, -0.2) is 4.98 Å². The zero-order valence-corrected chi connectivity index (χ0v) is 11.3. The van der Waals surface area contributed by atoms with Gasteiger partial charge in [0.1, 0.15) is 11.6 Å². The molecule has 0 spiro atoms. The van der Waals surface area contributed by atoms with Crippen molar-refractivity contribution in [3.8, 4) is 0 Å². The second kappa shape index (κ2) is 6.44. The van der Waals surface area contributed by atoms with E-state index in [-0.39, 0.29) is 18.2 Å². The molecular formula is C12H17F3N4O. The smallest absolute Gasteiger partial charge is 0.370 e. The Morgan fingerprint density at radius 2 is 2.10 bits per heavy atom. The lowest BCUT2D eigenvalue weighted by atomic mass is 10.2. The van der Waals surface area contributed by atoms with Crippen molar-refractivity contribution < 1.29 is 18.0 Å². The molecule has 0 atom stereocenters. The number of likely N-dealkylation sites (N-methyl/N-ethyl adjacent to an activating group) is 1. The van der Waals surface area contributed by atoms with E-state index in [1.165, 1.54) is 11.9 Å². The van der Waals surface area contributed by atoms with Gasteiger partial charge in [0.2, 0.25) is 5.91 Å². The number of nitrogens with two attached hydrogens (primary N) is 1. The Labute approximate surface area is 115 Å². The van der Waals surface area contributed by atoms with Crippen molar-refractivity contribution in [1.82, 2.24) is 4.98 Å². The molecule has 1 amide bonds. The van der Waals surface area contributed by atoms with Crippen LogP contribution in [0.15, 0.2) is 12.1 Å². The van der Waals surface area contributed by atoms with E-state index in [1.807, 2.05) is 6.92 Å². The maximum atomic E-state index is 12.8. The fourth-order valence-electron chi connectivity index (χ4n) is 1.53. The van der Waals surface area contributed by atoms with Crippen LogP contribution in [-0.2, 0) is 11.0 Å². The van der Waals surface area contributed by atoms with Gasteiger partial charge in [-0.15, -0.1) is 0 Å². The highest BCUT2D eigenvalue weighted by atomic mass is 19.4. The van der Waals surface area contributed by atoms with E-state index >= 15 is 0 Å². The first kappa shape index (κ1) is 16.1. The summed E-state index contributed by atoms with van der Waals surface area (Å²) in [4.78, 5) is 16.2. The van der Waals surface area contributed by atoms with Gasteiger partial charge < -0.3 is 16.0 Å². The molecule has 0 saturated heterocycles. The summed E-state index contributed by atoms with van der Waals surface area (Å²) in [5.74, 6) is -0.486. The summed E-state index contributed by atoms with van der Waals surface area (Å²) < 4.78 is 38.5. The average molecular weight is 290 g/mol. The zero-order valence-electron chi connectivity index (χ0n) is 11.3. The first-order valence-electron chi connectivity index (χ1n) is 6.06. The average Bonchev–Trinajstić information content (AvgIpc) is 2.34. The summed E-state index contributed by atoms with van der Waals surface area (Å²) in [5.41, 5.74) is 4.20. The Morgan fingerprint density at radius 3 is 2.60 bits per heavy atom. The van der Waals surface area contributed by atoms with Crippen molar-refractivity contribution in [1.29, 1.82) is 0 Å². The largest absolute Gasteiger partial charge is 0.416 e. The number of nitrogens with zero attached hydrogens (tertiary/aromatic N) is 2. The predicted molar refractivity (Wildman–Crippen MR) is 70.5 cm³/mol. The molecule has 3 N–H and O–H groups in total. The van der Waals surface area contributed by atoms with Crippen LogP contribution in [0.2, 0.25) is 0 Å². The van der Waals surface area contributed by atoms with Gasteiger partial charge in [-0.2, -0.15) is 13.2 Å². The summed E-state index contributed by atoms with van der Waals surface area (Å²) in [6, 6.07) is 1.83. The summed E-state index contributed by atoms with van der Waals surface area (Å²) in [6.07, 6.45) is -3.72. The highest BCUT2D eigenvalue weighted by Crippen LogP contribution is 2.32. The van der Waals surface area contributed by atoms with Gasteiger partial charge in [0.25, 0.3) is 0 Å². The minimum absolute atomic E-state index is 0.0391. The molecule has 0 unspecified atom stereocenters. The maximum absolute atomic E-state index is 12.8. The molecule has 1 heterocycles. The summed E-state index contributed by atoms with van der Waals surface area (Å²) in [6.45, 7) is 2.19. The number of carbonyl (C=O) groups excluding carboxylic acids is 1. The first-order valence-corrected chi connectivity index (χ1v) is 6.06. The standard InChI is InChI=1S/C12H17F3N4O/c1-3-4-17-10-5-8(12(13,14)15)6-11(18-10)19(2)7-9(16)20/h5-6H,3-4,7H2,1-2H3,(H2,16,20)(H,17,18). The van der Waals surface area contributed by atoms with E-state index < -0.39 is 17.6 Å². The Kier molecular flexibility index (Phi) is 5.18. The Bertz CT molecular complexity index is 476. The number of anilines is 2. The Morgan fingerprint density at radius 1 is 1.45 bits per heavy atom. The molecule has 1 aromatic heterocycles. The van der Waals surface area contributed by atoms with Gasteiger partial charge in [0, 0.05) is 13.6 Å². The number of nitrogens with one attached hydrogen (secondary N) is 1. The molecule has 0 aliphatic carbocycles. The topological polar surface area (TPSA) is 71.2 Å². The van der Waals surface area contributed by atoms with E-state index in [2.05, 4.69) is 10.3 Å². The second-order valence-electron chi connectivity index (χ2n) is 4.35. The highest BCUT2D eigenvalue weighted by molar-refractivity contribution is 5.79. The fraction of sp³-hybridized carbons (Fsp3) is 0.500. The predicted octanol–water partition coefficient (Wildman–Crippen LogP) is 1.84. The van der Waals surface area contributed by atoms with E-state index in [1.54, 1.807) is 0 Å². The van der Waals surface area contributed by atoms with Crippen LogP contribution in [0.5, 0.6) is 0 Å². The molecule has 0 aliphatic rings. The number of aromatic nitrogens is 1. The number of rotatable bonds is 6. The normalized spacial score (nSPS) is 11.2. The molecule has 112 valence electrons. The van der Waals surface area contributed by atoms with Gasteiger partial charge in [-0.1, -0.05) is 6.92 Å². The molecule has 5 nitrogen and oxygen atoms in total. The van der Waals surface area contributed by atoms with Crippen LogP contribution >= 0.6 is 0 Å². The third kappa shape index (κ3) is 4.60. The van der Waals surface area contributed by atoms with Crippen LogP contribution < -0.4 is 16.0 Å². The van der Waals surface area contributed by atoms with Crippen molar-refractivity contribution in [3.63, 3.8) is 0 Å². The lowest BCUT2D eigenvalue weighted by Crippen LogP contribution is -2.31. The van der Waals surface area contributed by atoms with Gasteiger partial charge in [0.05, 0.1) is 12.1 Å². The molecule has 0 bridgehead atoms. The number of halogens is 3. The van der Waals surface area contributed by atoms with E-state index in [4.69, 9.17) is 5.73 Å². The number of hydrogen-bond donors (Lipinski definition) is 2. The van der Waals surface area contributed by atoms with Crippen molar-refractivity contribution in [3.05, 3.63) is 17.7 Å². The Hall–Kier alpha value is -1.99. The van der Waals surface area contributed by atoms with Crippen molar-refractivity contribution in [2.75, 3.05) is 30.4 Å². The van der Waals surface area contributed by atoms with E-state index in [9.17, 15) is 18.0 Å². The van der Waals surface area contributed by atoms with Crippen molar-refractivity contribution >= 4 is 17.5 Å². The van der Waals surface area contributed by atoms with Crippen LogP contribution in [0.3, 0.4) is 0 Å². The monoisotopic (exact) mass is 290 g/mol. The number of alkyl halides is 3. The van der Waals surface area contributed by atoms with Gasteiger partial charge in [-0.3, -0.25) is 4.79 Å². The summed E-state index contributed by atoms with van der Waals surface area (Å²) >= 11 is 0. The lowest BCUT2D eigenvalue weighted by Gasteiger charge is -2.19. The quantitative estimate of drug-likeness (QED) is 0.838. The second-order valence-corrected chi connectivity index (χ2v) is 4.35. The molecule has 1 aromatic rings. The van der Waals surface area contributed by atoms with E-state index in [0.29, 0.717) is 6.54 Å². The number of pyridine rings is 1. The van der Waals surface area contributed by atoms with Crippen molar-refractivity contribution in [2.45, 2.75) is 19.5 Å². The van der Waals surface area contributed by atoms with Crippen LogP contribution in [-0.4, -0.2) is 31.0 Å². The summed E-state index contributed by atoms with van der Waals surface area (Å²) in [7, 11) is 1.46. The van der Waals surface area contributed by atoms with Crippen LogP contribution in [0.4, 0.5) is 24.8 Å². The number of carbonyl (C=O) groups is 1. The Balaban J connectivity index is 3.12. The molecule has 0 aromatic carbocycles.